The van der Waals surface area contributed by atoms with Gasteiger partial charge in [-0.25, -0.2) is 0 Å². The number of carbonyl (C=O) groups excluding carboxylic acids is 1. The molecule has 0 spiro atoms. The topological polar surface area (TPSA) is 48.1 Å². The Hall–Kier alpha value is -2.57. The maximum atomic E-state index is 12.4. The van der Waals surface area contributed by atoms with Crippen LogP contribution in [-0.4, -0.2) is 74.7 Å². The molecule has 1 unspecified atom stereocenters. The lowest BCUT2D eigenvalue weighted by molar-refractivity contribution is -0.127. The average Bonchev–Trinajstić information content (AvgIpc) is 2.86. The van der Waals surface area contributed by atoms with E-state index in [0.717, 1.165) is 64.3 Å². The average molecular weight is 479 g/mol. The minimum atomic E-state index is 0.0315. The van der Waals surface area contributed by atoms with E-state index in [1.165, 1.54) is 28.8 Å². The summed E-state index contributed by atoms with van der Waals surface area (Å²) >= 11 is 0. The molecule has 1 atom stereocenters. The second kappa shape index (κ2) is 12.4. The van der Waals surface area contributed by atoms with Crippen LogP contribution in [0.3, 0.4) is 0 Å². The van der Waals surface area contributed by atoms with Crippen molar-refractivity contribution in [3.05, 3.63) is 59.2 Å². The van der Waals surface area contributed by atoms with E-state index in [9.17, 15) is 4.79 Å². The summed E-state index contributed by atoms with van der Waals surface area (Å²) in [5.41, 5.74) is 5.42. The van der Waals surface area contributed by atoms with Gasteiger partial charge < -0.3 is 15.0 Å². The first kappa shape index (κ1) is 25.5. The van der Waals surface area contributed by atoms with Gasteiger partial charge in [0.25, 0.3) is 0 Å². The van der Waals surface area contributed by atoms with Gasteiger partial charge in [-0.15, -0.1) is 0 Å². The first-order chi connectivity index (χ1) is 17.0. The number of amides is 1. The fraction of sp³-hybridized carbons (Fsp3) is 0.552. The Morgan fingerprint density at radius 1 is 1.03 bits per heavy atom. The fourth-order valence-corrected chi connectivity index (χ4v) is 5.21. The molecule has 0 bridgehead atoms. The lowest BCUT2D eigenvalue weighted by atomic mass is 10.0. The molecular formula is C29H42N4O2. The van der Waals surface area contributed by atoms with Gasteiger partial charge in [-0.05, 0) is 81.6 Å². The molecule has 4 rings (SSSR count). The Morgan fingerprint density at radius 2 is 1.83 bits per heavy atom. The number of piperidine rings is 1. The number of piperazine rings is 1. The summed E-state index contributed by atoms with van der Waals surface area (Å²) in [5.74, 6) is 1.07. The number of rotatable bonds is 9. The van der Waals surface area contributed by atoms with Gasteiger partial charge in [0.2, 0.25) is 5.91 Å². The van der Waals surface area contributed by atoms with E-state index in [-0.39, 0.29) is 11.9 Å². The standard InChI is InChI=1S/C29H42N4O2/c1-23-9-6-13-27(24(23)2)33-18-16-32(17-19-33)22-25-10-7-11-26(21-25)35-20-8-14-30-29(34)28-12-4-5-15-31(28)3/h6-7,9-11,13,21,28H,4-5,8,12,14-20,22H2,1-3H3,(H,30,34). The predicted molar refractivity (Wildman–Crippen MR) is 143 cm³/mol. The van der Waals surface area contributed by atoms with Gasteiger partial charge in [0.15, 0.2) is 0 Å². The summed E-state index contributed by atoms with van der Waals surface area (Å²) in [6.07, 6.45) is 4.11. The van der Waals surface area contributed by atoms with E-state index in [1.807, 2.05) is 13.1 Å². The van der Waals surface area contributed by atoms with Crippen LogP contribution in [0.15, 0.2) is 42.5 Å². The summed E-state index contributed by atoms with van der Waals surface area (Å²) in [5, 5.41) is 3.09. The van der Waals surface area contributed by atoms with Crippen molar-refractivity contribution in [3.63, 3.8) is 0 Å². The van der Waals surface area contributed by atoms with Gasteiger partial charge in [-0.1, -0.05) is 30.7 Å². The largest absolute Gasteiger partial charge is 0.494 e. The number of aryl methyl sites for hydroxylation is 1. The second-order valence-corrected chi connectivity index (χ2v) is 10.1. The first-order valence-electron chi connectivity index (χ1n) is 13.2. The quantitative estimate of drug-likeness (QED) is 0.552. The number of ether oxygens (including phenoxy) is 1. The van der Waals surface area contributed by atoms with E-state index in [2.05, 4.69) is 70.3 Å². The molecule has 0 radical (unpaired) electrons. The number of benzene rings is 2. The third kappa shape index (κ3) is 6.98. The number of nitrogens with one attached hydrogen (secondary N) is 1. The molecular weight excluding hydrogens is 436 g/mol. The maximum absolute atomic E-state index is 12.4. The van der Waals surface area contributed by atoms with Crippen molar-refractivity contribution >= 4 is 11.6 Å². The molecule has 6 nitrogen and oxygen atoms in total. The molecule has 2 aromatic carbocycles. The Labute approximate surface area is 211 Å². The number of nitrogens with zero attached hydrogens (tertiary/aromatic N) is 3. The van der Waals surface area contributed by atoms with Crippen LogP contribution in [0.2, 0.25) is 0 Å². The van der Waals surface area contributed by atoms with E-state index >= 15 is 0 Å². The van der Waals surface area contributed by atoms with Crippen LogP contribution < -0.4 is 15.0 Å². The highest BCUT2D eigenvalue weighted by Gasteiger charge is 2.25. The molecule has 2 fully saturated rings. The Kier molecular flexibility index (Phi) is 9.05. The molecule has 0 aromatic heterocycles. The van der Waals surface area contributed by atoms with Crippen LogP contribution in [-0.2, 0) is 11.3 Å². The Balaban J connectivity index is 1.17. The van der Waals surface area contributed by atoms with Crippen LogP contribution in [0.5, 0.6) is 5.75 Å². The molecule has 1 amide bonds. The maximum Gasteiger partial charge on any atom is 0.237 e. The van der Waals surface area contributed by atoms with Gasteiger partial charge in [0, 0.05) is 45.0 Å². The molecule has 0 saturated carbocycles. The number of likely N-dealkylation sites (N-methyl/N-ethyl adjacent to an activating group) is 1. The number of hydrogen-bond donors (Lipinski definition) is 1. The van der Waals surface area contributed by atoms with Crippen molar-refractivity contribution in [2.45, 2.75) is 52.1 Å². The zero-order chi connectivity index (χ0) is 24.6. The van der Waals surface area contributed by atoms with Crippen molar-refractivity contribution in [3.8, 4) is 5.75 Å². The number of carbonyl (C=O) groups is 1. The zero-order valence-corrected chi connectivity index (χ0v) is 21.8. The highest BCUT2D eigenvalue weighted by Crippen LogP contribution is 2.24. The van der Waals surface area contributed by atoms with Crippen molar-refractivity contribution < 1.29 is 9.53 Å². The normalized spacial score (nSPS) is 19.5. The Bertz CT molecular complexity index is 971. The van der Waals surface area contributed by atoms with E-state index in [1.54, 1.807) is 0 Å². The van der Waals surface area contributed by atoms with Gasteiger partial charge >= 0.3 is 0 Å². The van der Waals surface area contributed by atoms with E-state index in [0.29, 0.717) is 13.2 Å². The summed E-state index contributed by atoms with van der Waals surface area (Å²) in [6.45, 7) is 11.9. The van der Waals surface area contributed by atoms with Crippen LogP contribution in [0.1, 0.15) is 42.4 Å². The molecule has 1 N–H and O–H groups in total. The lowest BCUT2D eigenvalue weighted by Gasteiger charge is -2.37. The summed E-state index contributed by atoms with van der Waals surface area (Å²) in [7, 11) is 2.05. The number of anilines is 1. The smallest absolute Gasteiger partial charge is 0.237 e. The zero-order valence-electron chi connectivity index (χ0n) is 21.8. The highest BCUT2D eigenvalue weighted by atomic mass is 16.5. The number of hydrogen-bond acceptors (Lipinski definition) is 5. The second-order valence-electron chi connectivity index (χ2n) is 10.1. The molecule has 2 aliphatic rings. The number of likely N-dealkylation sites (tertiary alicyclic amines) is 1. The van der Waals surface area contributed by atoms with Crippen molar-refractivity contribution in [1.82, 2.24) is 15.1 Å². The minimum Gasteiger partial charge on any atom is -0.494 e. The van der Waals surface area contributed by atoms with Crippen molar-refractivity contribution in [2.24, 2.45) is 0 Å². The molecule has 2 aromatic rings. The van der Waals surface area contributed by atoms with Crippen LogP contribution in [0.4, 0.5) is 5.69 Å². The first-order valence-corrected chi connectivity index (χ1v) is 13.2. The minimum absolute atomic E-state index is 0.0315. The molecule has 0 aliphatic carbocycles. The summed E-state index contributed by atoms with van der Waals surface area (Å²) < 4.78 is 6.00. The fourth-order valence-electron chi connectivity index (χ4n) is 5.21. The molecule has 2 aliphatic heterocycles. The third-order valence-corrected chi connectivity index (χ3v) is 7.56. The van der Waals surface area contributed by atoms with E-state index < -0.39 is 0 Å². The molecule has 35 heavy (non-hydrogen) atoms. The predicted octanol–water partition coefficient (Wildman–Crippen LogP) is 4.00. The van der Waals surface area contributed by atoms with Gasteiger partial charge in [-0.3, -0.25) is 14.6 Å². The molecule has 6 heteroatoms. The molecule has 190 valence electrons. The van der Waals surface area contributed by atoms with Crippen molar-refractivity contribution in [1.29, 1.82) is 0 Å². The van der Waals surface area contributed by atoms with E-state index in [4.69, 9.17) is 4.74 Å². The summed E-state index contributed by atoms with van der Waals surface area (Å²) in [4.78, 5) is 19.6. The Morgan fingerprint density at radius 3 is 2.63 bits per heavy atom. The van der Waals surface area contributed by atoms with Gasteiger partial charge in [-0.2, -0.15) is 0 Å². The van der Waals surface area contributed by atoms with Crippen LogP contribution >= 0.6 is 0 Å². The van der Waals surface area contributed by atoms with Crippen LogP contribution in [0, 0.1) is 13.8 Å². The lowest BCUT2D eigenvalue weighted by Crippen LogP contribution is -2.47. The van der Waals surface area contributed by atoms with Crippen molar-refractivity contribution in [2.75, 3.05) is 57.8 Å². The molecule has 2 saturated heterocycles. The SMILES string of the molecule is Cc1cccc(N2CCN(Cc3cccc(OCCCNC(=O)C4CCCCN4C)c3)CC2)c1C. The van der Waals surface area contributed by atoms with Gasteiger partial charge in [0.1, 0.15) is 5.75 Å². The highest BCUT2D eigenvalue weighted by molar-refractivity contribution is 5.81. The molecule has 2 heterocycles. The summed E-state index contributed by atoms with van der Waals surface area (Å²) in [6, 6.07) is 15.1. The monoisotopic (exact) mass is 478 g/mol. The van der Waals surface area contributed by atoms with Gasteiger partial charge in [0.05, 0.1) is 12.6 Å². The van der Waals surface area contributed by atoms with Crippen LogP contribution in [0.25, 0.3) is 0 Å². The third-order valence-electron chi connectivity index (χ3n) is 7.56.